The van der Waals surface area contributed by atoms with Crippen LogP contribution in [0.2, 0.25) is 0 Å². The van der Waals surface area contributed by atoms with Gasteiger partial charge in [0.25, 0.3) is 0 Å². The largest absolute Gasteiger partial charge is 0.395 e. The van der Waals surface area contributed by atoms with Crippen molar-refractivity contribution < 1.29 is 14.7 Å². The lowest BCUT2D eigenvalue weighted by molar-refractivity contribution is -0.121. The van der Waals surface area contributed by atoms with Gasteiger partial charge in [-0.2, -0.15) is 11.8 Å². The molecule has 0 saturated carbocycles. The molecule has 2 aliphatic heterocycles. The highest BCUT2D eigenvalue weighted by Crippen LogP contribution is 2.47. The molecule has 2 fully saturated rings. The predicted octanol–water partition coefficient (Wildman–Crippen LogP) is 0.601. The van der Waals surface area contributed by atoms with Gasteiger partial charge < -0.3 is 21.1 Å². The van der Waals surface area contributed by atoms with E-state index in [2.05, 4.69) is 29.8 Å². The van der Waals surface area contributed by atoms with E-state index in [1.54, 1.807) is 0 Å². The lowest BCUT2D eigenvalue weighted by atomic mass is 9.79. The molecule has 4 N–H and O–H groups in total. The third-order valence-electron chi connectivity index (χ3n) is 4.68. The van der Waals surface area contributed by atoms with Crippen LogP contribution in [0.3, 0.4) is 0 Å². The number of fused-ring (bicyclic) bond motifs is 1. The van der Waals surface area contributed by atoms with Crippen molar-refractivity contribution in [3.63, 3.8) is 0 Å². The Hall–Kier alpha value is -0.950. The van der Waals surface area contributed by atoms with Crippen LogP contribution in [0.25, 0.3) is 0 Å². The topological polar surface area (TPSA) is 90.5 Å². The van der Waals surface area contributed by atoms with E-state index in [1.807, 2.05) is 11.8 Å². The molecule has 2 aliphatic rings. The van der Waals surface area contributed by atoms with Gasteiger partial charge in [-0.25, -0.2) is 4.79 Å². The van der Waals surface area contributed by atoms with Gasteiger partial charge in [0.15, 0.2) is 0 Å². The fourth-order valence-corrected chi connectivity index (χ4v) is 5.00. The first-order valence-corrected chi connectivity index (χ1v) is 8.56. The van der Waals surface area contributed by atoms with Gasteiger partial charge >= 0.3 is 6.03 Å². The molecular formula is C14H25N3O3S. The second-order valence-electron chi connectivity index (χ2n) is 6.23. The van der Waals surface area contributed by atoms with Crippen LogP contribution < -0.4 is 16.0 Å². The van der Waals surface area contributed by atoms with Crippen molar-refractivity contribution in [2.24, 2.45) is 0 Å². The third-order valence-corrected chi connectivity index (χ3v) is 6.53. The van der Waals surface area contributed by atoms with Gasteiger partial charge in [0.05, 0.1) is 17.7 Å². The third kappa shape index (κ3) is 3.29. The summed E-state index contributed by atoms with van der Waals surface area (Å²) < 4.78 is 0. The van der Waals surface area contributed by atoms with Crippen molar-refractivity contribution in [1.82, 2.24) is 16.0 Å². The Bertz CT molecular complexity index is 420. The van der Waals surface area contributed by atoms with Gasteiger partial charge in [-0.3, -0.25) is 4.79 Å². The highest BCUT2D eigenvalue weighted by Gasteiger charge is 2.60. The first kappa shape index (κ1) is 16.4. The first-order valence-electron chi connectivity index (χ1n) is 7.51. The fraction of sp³-hybridized carbons (Fsp3) is 0.857. The van der Waals surface area contributed by atoms with Gasteiger partial charge in [0.2, 0.25) is 5.91 Å². The maximum atomic E-state index is 11.6. The van der Waals surface area contributed by atoms with Crippen molar-refractivity contribution in [3.05, 3.63) is 0 Å². The molecule has 0 aromatic heterocycles. The number of hydrogen-bond acceptors (Lipinski definition) is 4. The molecular weight excluding hydrogens is 290 g/mol. The Morgan fingerprint density at radius 3 is 2.90 bits per heavy atom. The SMILES string of the molecule is CC12CSC(CCCCC(=O)NCCO)C1(C)NC(=O)N2. The summed E-state index contributed by atoms with van der Waals surface area (Å²) in [5.41, 5.74) is -0.397. The van der Waals surface area contributed by atoms with Crippen molar-refractivity contribution in [1.29, 1.82) is 0 Å². The molecule has 0 spiro atoms. The summed E-state index contributed by atoms with van der Waals surface area (Å²) in [7, 11) is 0. The van der Waals surface area contributed by atoms with Gasteiger partial charge in [-0.15, -0.1) is 0 Å². The molecule has 7 heteroatoms. The zero-order valence-corrected chi connectivity index (χ0v) is 13.5. The highest BCUT2D eigenvalue weighted by atomic mass is 32.2. The normalized spacial score (nSPS) is 34.2. The summed E-state index contributed by atoms with van der Waals surface area (Å²) in [5, 5.41) is 17.8. The van der Waals surface area contributed by atoms with E-state index in [0.29, 0.717) is 18.2 Å². The molecule has 3 atom stereocenters. The molecule has 3 unspecified atom stereocenters. The number of rotatable bonds is 7. The standard InChI is InChI=1S/C14H25N3O3S/c1-13-9-21-10(14(13,2)17-12(20)16-13)5-3-4-6-11(19)15-7-8-18/h10,18H,3-9H2,1-2H3,(H,15,19)(H2,16,17,20). The number of amides is 3. The van der Waals surface area contributed by atoms with E-state index in [9.17, 15) is 9.59 Å². The summed E-state index contributed by atoms with van der Waals surface area (Å²) in [5.74, 6) is 0.916. The molecule has 21 heavy (non-hydrogen) atoms. The average Bonchev–Trinajstić information content (AvgIpc) is 2.78. The number of aliphatic hydroxyl groups is 1. The molecule has 0 aliphatic carbocycles. The molecule has 6 nitrogen and oxygen atoms in total. The molecule has 0 bridgehead atoms. The number of carbonyl (C=O) groups is 2. The van der Waals surface area contributed by atoms with Gasteiger partial charge in [-0.05, 0) is 26.7 Å². The maximum Gasteiger partial charge on any atom is 0.315 e. The zero-order chi connectivity index (χ0) is 15.5. The lowest BCUT2D eigenvalue weighted by Crippen LogP contribution is -2.58. The van der Waals surface area contributed by atoms with Crippen LogP contribution in [0.5, 0.6) is 0 Å². The number of hydrogen-bond donors (Lipinski definition) is 4. The summed E-state index contributed by atoms with van der Waals surface area (Å²) in [6.45, 7) is 4.52. The molecule has 2 saturated heterocycles. The van der Waals surface area contributed by atoms with Crippen LogP contribution in [0.15, 0.2) is 0 Å². The smallest absolute Gasteiger partial charge is 0.315 e. The Morgan fingerprint density at radius 2 is 2.19 bits per heavy atom. The number of carbonyl (C=O) groups excluding carboxylic acids is 2. The summed E-state index contributed by atoms with van der Waals surface area (Å²) >= 11 is 1.90. The summed E-state index contributed by atoms with van der Waals surface area (Å²) in [4.78, 5) is 23.1. The van der Waals surface area contributed by atoms with Crippen LogP contribution in [-0.2, 0) is 4.79 Å². The van der Waals surface area contributed by atoms with Crippen LogP contribution in [-0.4, -0.2) is 52.3 Å². The number of unbranched alkanes of at least 4 members (excludes halogenated alkanes) is 1. The molecule has 2 heterocycles. The molecule has 120 valence electrons. The fourth-order valence-electron chi connectivity index (χ4n) is 3.11. The van der Waals surface area contributed by atoms with Gasteiger partial charge in [-0.1, -0.05) is 6.42 Å². The minimum absolute atomic E-state index is 0.00462. The summed E-state index contributed by atoms with van der Waals surface area (Å²) in [6.07, 6.45) is 3.29. The Labute approximate surface area is 129 Å². The zero-order valence-electron chi connectivity index (χ0n) is 12.7. The van der Waals surface area contributed by atoms with E-state index >= 15 is 0 Å². The van der Waals surface area contributed by atoms with Crippen LogP contribution >= 0.6 is 11.8 Å². The Morgan fingerprint density at radius 1 is 1.43 bits per heavy atom. The average molecular weight is 315 g/mol. The Balaban J connectivity index is 1.75. The quantitative estimate of drug-likeness (QED) is 0.409. The van der Waals surface area contributed by atoms with Crippen molar-refractivity contribution in [2.45, 2.75) is 55.9 Å². The van der Waals surface area contributed by atoms with Crippen LogP contribution in [0, 0.1) is 0 Å². The molecule has 0 radical (unpaired) electrons. The number of thioether (sulfide) groups is 1. The van der Waals surface area contributed by atoms with E-state index in [-0.39, 0.29) is 29.6 Å². The minimum atomic E-state index is -0.214. The number of urea groups is 1. The Kier molecular flexibility index (Phi) is 5.03. The number of aliphatic hydroxyl groups excluding tert-OH is 1. The number of nitrogens with one attached hydrogen (secondary N) is 3. The van der Waals surface area contributed by atoms with Crippen molar-refractivity contribution in [3.8, 4) is 0 Å². The summed E-state index contributed by atoms with van der Waals surface area (Å²) in [6, 6.07) is -0.0753. The van der Waals surface area contributed by atoms with E-state index in [4.69, 9.17) is 5.11 Å². The molecule has 0 aromatic rings. The minimum Gasteiger partial charge on any atom is -0.395 e. The molecule has 0 aromatic carbocycles. The predicted molar refractivity (Wildman–Crippen MR) is 83.3 cm³/mol. The van der Waals surface area contributed by atoms with E-state index < -0.39 is 0 Å². The van der Waals surface area contributed by atoms with Gasteiger partial charge in [0.1, 0.15) is 0 Å². The van der Waals surface area contributed by atoms with Crippen molar-refractivity contribution >= 4 is 23.7 Å². The van der Waals surface area contributed by atoms with E-state index in [1.165, 1.54) is 0 Å². The second kappa shape index (κ2) is 6.44. The molecule has 3 amide bonds. The molecule has 2 rings (SSSR count). The second-order valence-corrected chi connectivity index (χ2v) is 7.42. The first-order chi connectivity index (χ1) is 9.91. The monoisotopic (exact) mass is 315 g/mol. The van der Waals surface area contributed by atoms with Gasteiger partial charge in [0, 0.05) is 24.0 Å². The lowest BCUT2D eigenvalue weighted by Gasteiger charge is -2.35. The maximum absolute atomic E-state index is 11.6. The van der Waals surface area contributed by atoms with E-state index in [0.717, 1.165) is 25.0 Å². The van der Waals surface area contributed by atoms with Crippen LogP contribution in [0.4, 0.5) is 4.79 Å². The van der Waals surface area contributed by atoms with Crippen LogP contribution in [0.1, 0.15) is 39.5 Å². The highest BCUT2D eigenvalue weighted by molar-refractivity contribution is 8.00. The van der Waals surface area contributed by atoms with Crippen molar-refractivity contribution in [2.75, 3.05) is 18.9 Å².